The Morgan fingerprint density at radius 3 is 2.26 bits per heavy atom. The highest BCUT2D eigenvalue weighted by molar-refractivity contribution is 5.86. The molecule has 0 aliphatic carbocycles. The number of carbonyl (C=O) groups excluding carboxylic acids is 3. The minimum atomic E-state index is -0.887. The van der Waals surface area contributed by atoms with Gasteiger partial charge in [-0.3, -0.25) is 4.84 Å². The van der Waals surface area contributed by atoms with Gasteiger partial charge in [-0.25, -0.2) is 19.2 Å². The number of nitrogens with zero attached hydrogens (tertiary/aromatic N) is 4. The molecule has 35 heavy (non-hydrogen) atoms. The van der Waals surface area contributed by atoms with Crippen LogP contribution in [0, 0.1) is 0 Å². The van der Waals surface area contributed by atoms with Gasteiger partial charge >= 0.3 is 24.0 Å². The number of likely N-dealkylation sites (N-methyl/N-ethyl adjacent to an activating group) is 1. The number of hydrogen-bond donors (Lipinski definition) is 1. The third-order valence-electron chi connectivity index (χ3n) is 7.03. The van der Waals surface area contributed by atoms with Crippen LogP contribution in [0.3, 0.4) is 0 Å². The number of hydroxylamine groups is 2. The summed E-state index contributed by atoms with van der Waals surface area (Å²) in [6.07, 6.45) is 2.76. The van der Waals surface area contributed by atoms with E-state index >= 15 is 0 Å². The fourth-order valence-corrected chi connectivity index (χ4v) is 5.09. The molecule has 4 atom stereocenters. The molecule has 1 aromatic carbocycles. The summed E-state index contributed by atoms with van der Waals surface area (Å²) in [5.74, 6) is -1.21. The first-order valence-electron chi connectivity index (χ1n) is 12.0. The average Bonchev–Trinajstić information content (AvgIpc) is 3.23. The van der Waals surface area contributed by atoms with Crippen molar-refractivity contribution in [3.05, 3.63) is 35.9 Å². The van der Waals surface area contributed by atoms with Gasteiger partial charge in [0.2, 0.25) is 0 Å². The van der Waals surface area contributed by atoms with Gasteiger partial charge in [-0.15, -0.1) is 0 Å². The van der Waals surface area contributed by atoms with Crippen molar-refractivity contribution in [3.63, 3.8) is 0 Å². The van der Waals surface area contributed by atoms with Crippen molar-refractivity contribution in [2.24, 2.45) is 0 Å². The van der Waals surface area contributed by atoms with Crippen molar-refractivity contribution in [3.8, 4) is 0 Å². The van der Waals surface area contributed by atoms with E-state index < -0.39 is 18.1 Å². The average molecular weight is 489 g/mol. The van der Waals surface area contributed by atoms with Gasteiger partial charge in [0, 0.05) is 20.1 Å². The zero-order valence-corrected chi connectivity index (χ0v) is 20.0. The maximum absolute atomic E-state index is 12.4. The molecule has 4 aliphatic rings. The van der Waals surface area contributed by atoms with E-state index in [4.69, 9.17) is 14.7 Å². The predicted molar refractivity (Wildman–Crippen MR) is 123 cm³/mol. The summed E-state index contributed by atoms with van der Waals surface area (Å²) in [4.78, 5) is 57.0. The first-order valence-corrected chi connectivity index (χ1v) is 12.0. The smallest absolute Gasteiger partial charge is 0.345 e. The molecule has 0 saturated carbocycles. The SMILES string of the molecule is CCOC(=O)[C@@H]1CC[C@@H]2CN1C(=O)N2OCc1ccccc1.CN1C(=O)N2C[C@H]1CC[C@H]2C(=O)O. The van der Waals surface area contributed by atoms with E-state index in [9.17, 15) is 19.2 Å². The van der Waals surface area contributed by atoms with Crippen LogP contribution < -0.4 is 0 Å². The Labute approximate surface area is 204 Å². The second-order valence-electron chi connectivity index (χ2n) is 9.15. The molecular weight excluding hydrogens is 456 g/mol. The third-order valence-corrected chi connectivity index (χ3v) is 7.03. The molecule has 1 N–H and O–H groups in total. The quantitative estimate of drug-likeness (QED) is 0.608. The van der Waals surface area contributed by atoms with Crippen LogP contribution >= 0.6 is 0 Å². The molecule has 4 aliphatic heterocycles. The number of carboxylic acid groups (broad SMARTS) is 1. The molecule has 11 nitrogen and oxygen atoms in total. The zero-order valence-electron chi connectivity index (χ0n) is 20.0. The van der Waals surface area contributed by atoms with E-state index in [1.807, 2.05) is 30.3 Å². The summed E-state index contributed by atoms with van der Waals surface area (Å²) < 4.78 is 5.05. The Morgan fingerprint density at radius 2 is 1.57 bits per heavy atom. The molecule has 4 saturated heterocycles. The molecule has 4 fully saturated rings. The van der Waals surface area contributed by atoms with Crippen LogP contribution in [0.2, 0.25) is 0 Å². The van der Waals surface area contributed by atoms with E-state index in [1.165, 1.54) is 9.96 Å². The highest BCUT2D eigenvalue weighted by Crippen LogP contribution is 2.31. The number of ether oxygens (including phenoxy) is 1. The van der Waals surface area contributed by atoms with Crippen LogP contribution in [-0.2, 0) is 25.8 Å². The van der Waals surface area contributed by atoms with Gasteiger partial charge in [0.15, 0.2) is 0 Å². The Balaban J connectivity index is 0.000000189. The van der Waals surface area contributed by atoms with Crippen LogP contribution in [0.15, 0.2) is 30.3 Å². The fraction of sp³-hybridized carbons (Fsp3) is 0.583. The first-order chi connectivity index (χ1) is 16.8. The number of aliphatic carboxylic acids is 1. The van der Waals surface area contributed by atoms with Crippen molar-refractivity contribution >= 4 is 24.0 Å². The standard InChI is InChI=1S/C16H20N2O4.C8H12N2O3/c1-2-21-15(19)14-9-8-13-10-17(14)16(20)18(13)22-11-12-6-4-3-5-7-12;1-9-5-2-3-6(7(11)12)10(4-5)8(9)13/h3-7,13-14H,2,8-11H2,1H3;5-6H,2-4H2,1H3,(H,11,12)/t13-,14+;5-,6+/m11/s1. The summed E-state index contributed by atoms with van der Waals surface area (Å²) in [6.45, 7) is 3.55. The minimum absolute atomic E-state index is 0.0156. The first kappa shape index (κ1) is 24.8. The van der Waals surface area contributed by atoms with Crippen molar-refractivity contribution < 1.29 is 33.9 Å². The molecule has 5 rings (SSSR count). The van der Waals surface area contributed by atoms with Crippen LogP contribution in [0.25, 0.3) is 0 Å². The van der Waals surface area contributed by atoms with Crippen molar-refractivity contribution in [2.75, 3.05) is 26.7 Å². The van der Waals surface area contributed by atoms with E-state index in [0.29, 0.717) is 39.1 Å². The summed E-state index contributed by atoms with van der Waals surface area (Å²) in [5, 5.41) is 10.3. The number of benzene rings is 1. The van der Waals surface area contributed by atoms with Crippen LogP contribution in [0.4, 0.5) is 9.59 Å². The fourth-order valence-electron chi connectivity index (χ4n) is 5.09. The molecule has 4 amide bonds. The van der Waals surface area contributed by atoms with Gasteiger partial charge in [0.05, 0.1) is 18.7 Å². The predicted octanol–water partition coefficient (Wildman–Crippen LogP) is 1.92. The molecule has 11 heteroatoms. The van der Waals surface area contributed by atoms with Gasteiger partial charge in [-0.05, 0) is 38.2 Å². The highest BCUT2D eigenvalue weighted by Gasteiger charge is 2.48. The van der Waals surface area contributed by atoms with E-state index in [1.54, 1.807) is 23.8 Å². The largest absolute Gasteiger partial charge is 0.480 e. The van der Waals surface area contributed by atoms with Crippen molar-refractivity contribution in [2.45, 2.75) is 63.4 Å². The maximum atomic E-state index is 12.4. The van der Waals surface area contributed by atoms with Crippen molar-refractivity contribution in [1.29, 1.82) is 0 Å². The van der Waals surface area contributed by atoms with Gasteiger partial charge in [0.1, 0.15) is 18.7 Å². The minimum Gasteiger partial charge on any atom is -0.480 e. The molecule has 0 spiro atoms. The van der Waals surface area contributed by atoms with Crippen LogP contribution in [-0.4, -0.2) is 99.8 Å². The molecule has 1 aromatic rings. The molecule has 4 heterocycles. The van der Waals surface area contributed by atoms with Gasteiger partial charge < -0.3 is 24.5 Å². The topological polar surface area (TPSA) is 120 Å². The Hall–Kier alpha value is -3.34. The summed E-state index contributed by atoms with van der Waals surface area (Å²) in [7, 11) is 1.73. The maximum Gasteiger partial charge on any atom is 0.345 e. The second-order valence-corrected chi connectivity index (χ2v) is 9.15. The molecule has 4 bridgehead atoms. The molecular formula is C24H32N4O7. The van der Waals surface area contributed by atoms with Gasteiger partial charge in [-0.1, -0.05) is 30.3 Å². The number of piperidine rings is 2. The lowest BCUT2D eigenvalue weighted by Gasteiger charge is -2.28. The van der Waals surface area contributed by atoms with E-state index in [-0.39, 0.29) is 30.1 Å². The number of carbonyl (C=O) groups is 4. The normalized spacial score (nSPS) is 27.0. The molecule has 0 radical (unpaired) electrons. The zero-order chi connectivity index (χ0) is 25.1. The van der Waals surface area contributed by atoms with Crippen LogP contribution in [0.5, 0.6) is 0 Å². The van der Waals surface area contributed by atoms with Gasteiger partial charge in [-0.2, -0.15) is 5.06 Å². The number of urea groups is 2. The molecule has 0 unspecified atom stereocenters. The number of fused-ring (bicyclic) bond motifs is 4. The Morgan fingerprint density at radius 1 is 0.943 bits per heavy atom. The number of rotatable bonds is 6. The van der Waals surface area contributed by atoms with E-state index in [2.05, 4.69) is 0 Å². The summed E-state index contributed by atoms with van der Waals surface area (Å²) in [6, 6.07) is 8.49. The summed E-state index contributed by atoms with van der Waals surface area (Å²) >= 11 is 0. The van der Waals surface area contributed by atoms with Gasteiger partial charge in [0.25, 0.3) is 0 Å². The Bertz CT molecular complexity index is 958. The lowest BCUT2D eigenvalue weighted by molar-refractivity contribution is -0.149. The third kappa shape index (κ3) is 5.04. The lowest BCUT2D eigenvalue weighted by Crippen LogP contribution is -2.45. The number of amides is 4. The van der Waals surface area contributed by atoms with Crippen molar-refractivity contribution in [1.82, 2.24) is 19.8 Å². The lowest BCUT2D eigenvalue weighted by atomic mass is 10.0. The number of hydrogen-bond acceptors (Lipinski definition) is 6. The monoisotopic (exact) mass is 488 g/mol. The molecule has 190 valence electrons. The second kappa shape index (κ2) is 10.5. The Kier molecular flexibility index (Phi) is 7.44. The molecule has 0 aromatic heterocycles. The van der Waals surface area contributed by atoms with E-state index in [0.717, 1.165) is 18.4 Å². The van der Waals surface area contributed by atoms with Crippen LogP contribution in [0.1, 0.15) is 38.2 Å². The number of esters is 1. The highest BCUT2D eigenvalue weighted by atomic mass is 16.7. The summed E-state index contributed by atoms with van der Waals surface area (Å²) in [5.41, 5.74) is 1.01. The number of carboxylic acids is 1.